The Kier molecular flexibility index (Phi) is 6.23. The van der Waals surface area contributed by atoms with Crippen molar-refractivity contribution in [1.29, 1.82) is 0 Å². The standard InChI is InChI=1S/C25H21N7O3S/c1-16-22(30-32(29-16)19-6-4-3-5-7-19)15-31-23-13-8-17(24(33)26-2)14-21(23)28-25(31)27-18-9-11-20(12-10-18)36(34)35/h3-14H,2,15H2,1H3,(H,27,28)(H,34,35). The molecule has 1 unspecified atom stereocenters. The van der Waals surface area contributed by atoms with Gasteiger partial charge in [-0.1, -0.05) is 18.2 Å². The number of aryl methyl sites for hydroxylation is 1. The first-order valence-electron chi connectivity index (χ1n) is 10.9. The first kappa shape index (κ1) is 23.3. The fourth-order valence-electron chi connectivity index (χ4n) is 3.77. The van der Waals surface area contributed by atoms with Crippen LogP contribution in [0.25, 0.3) is 16.7 Å². The first-order valence-corrected chi connectivity index (χ1v) is 12.0. The van der Waals surface area contributed by atoms with E-state index in [-0.39, 0.29) is 0 Å². The topological polar surface area (TPSA) is 127 Å². The number of fused-ring (bicyclic) bond motifs is 1. The minimum atomic E-state index is -2.06. The highest BCUT2D eigenvalue weighted by molar-refractivity contribution is 7.79. The molecule has 0 spiro atoms. The lowest BCUT2D eigenvalue weighted by Gasteiger charge is -2.10. The van der Waals surface area contributed by atoms with Crippen molar-refractivity contribution in [2.75, 3.05) is 5.32 Å². The van der Waals surface area contributed by atoms with Gasteiger partial charge in [0.1, 0.15) is 5.69 Å². The number of nitrogens with zero attached hydrogens (tertiary/aromatic N) is 6. The zero-order chi connectivity index (χ0) is 25.2. The summed E-state index contributed by atoms with van der Waals surface area (Å²) in [6, 6.07) is 21.3. The molecule has 36 heavy (non-hydrogen) atoms. The number of aliphatic imine (C=N–C) groups is 1. The van der Waals surface area contributed by atoms with Gasteiger partial charge in [-0.25, -0.2) is 14.2 Å². The maximum absolute atomic E-state index is 12.1. The molecule has 10 nitrogen and oxygen atoms in total. The Hall–Kier alpha value is -4.48. The van der Waals surface area contributed by atoms with E-state index in [1.807, 2.05) is 41.8 Å². The quantitative estimate of drug-likeness (QED) is 0.254. The molecule has 2 aromatic heterocycles. The molecular weight excluding hydrogens is 478 g/mol. The van der Waals surface area contributed by atoms with Crippen molar-refractivity contribution in [3.63, 3.8) is 0 Å². The van der Waals surface area contributed by atoms with Crippen LogP contribution in [-0.4, -0.2) is 45.9 Å². The van der Waals surface area contributed by atoms with Crippen molar-refractivity contribution < 1.29 is 13.6 Å². The normalized spacial score (nSPS) is 11.9. The van der Waals surface area contributed by atoms with Gasteiger partial charge < -0.3 is 14.4 Å². The molecule has 0 bridgehead atoms. The predicted octanol–water partition coefficient (Wildman–Crippen LogP) is 4.14. The summed E-state index contributed by atoms with van der Waals surface area (Å²) in [4.78, 5) is 22.1. The fraction of sp³-hybridized carbons (Fsp3) is 0.0800. The average Bonchev–Trinajstić information content (AvgIpc) is 3.43. The van der Waals surface area contributed by atoms with E-state index in [0.717, 1.165) is 22.6 Å². The fourth-order valence-corrected chi connectivity index (χ4v) is 4.14. The predicted molar refractivity (Wildman–Crippen MR) is 138 cm³/mol. The molecule has 0 radical (unpaired) electrons. The van der Waals surface area contributed by atoms with Crippen LogP contribution in [0.5, 0.6) is 0 Å². The number of carbonyl (C=O) groups excluding carboxylic acids is 1. The molecule has 11 heteroatoms. The Morgan fingerprint density at radius 1 is 1.08 bits per heavy atom. The molecular formula is C25H21N7O3S. The van der Waals surface area contributed by atoms with E-state index in [4.69, 9.17) is 10.1 Å². The molecule has 1 amide bonds. The van der Waals surface area contributed by atoms with Crippen LogP contribution in [0.15, 0.2) is 82.7 Å². The number of carbonyl (C=O) groups is 1. The smallest absolute Gasteiger partial charge is 0.276 e. The Morgan fingerprint density at radius 2 is 1.83 bits per heavy atom. The number of amides is 1. The van der Waals surface area contributed by atoms with Crippen LogP contribution >= 0.6 is 0 Å². The zero-order valence-corrected chi connectivity index (χ0v) is 20.0. The van der Waals surface area contributed by atoms with Gasteiger partial charge in [0.05, 0.1) is 33.9 Å². The highest BCUT2D eigenvalue weighted by Crippen LogP contribution is 2.26. The largest absolute Gasteiger partial charge is 0.326 e. The van der Waals surface area contributed by atoms with E-state index in [1.54, 1.807) is 47.3 Å². The van der Waals surface area contributed by atoms with Crippen LogP contribution in [0.2, 0.25) is 0 Å². The summed E-state index contributed by atoms with van der Waals surface area (Å²) in [6.45, 7) is 5.57. The van der Waals surface area contributed by atoms with Crippen LogP contribution in [0.1, 0.15) is 21.7 Å². The Morgan fingerprint density at radius 3 is 2.53 bits per heavy atom. The summed E-state index contributed by atoms with van der Waals surface area (Å²) >= 11 is -2.06. The maximum atomic E-state index is 12.1. The number of hydrogen-bond acceptors (Lipinski definition) is 6. The van der Waals surface area contributed by atoms with E-state index in [2.05, 4.69) is 22.1 Å². The third kappa shape index (κ3) is 4.57. The summed E-state index contributed by atoms with van der Waals surface area (Å²) in [5.41, 5.74) is 4.79. The molecule has 0 saturated heterocycles. The summed E-state index contributed by atoms with van der Waals surface area (Å²) in [7, 11) is 0. The number of para-hydroxylation sites is 1. The summed E-state index contributed by atoms with van der Waals surface area (Å²) in [5.74, 6) is 0.0721. The summed E-state index contributed by atoms with van der Waals surface area (Å²) in [5, 5.41) is 12.5. The van der Waals surface area contributed by atoms with Gasteiger partial charge in [0, 0.05) is 11.3 Å². The Bertz CT molecular complexity index is 1610. The highest BCUT2D eigenvalue weighted by atomic mass is 32.2. The van der Waals surface area contributed by atoms with Crippen molar-refractivity contribution in [3.8, 4) is 5.69 Å². The maximum Gasteiger partial charge on any atom is 0.276 e. The number of benzene rings is 3. The molecule has 0 saturated carbocycles. The Balaban J connectivity index is 1.56. The van der Waals surface area contributed by atoms with Gasteiger partial charge in [0.15, 0.2) is 11.1 Å². The highest BCUT2D eigenvalue weighted by Gasteiger charge is 2.17. The number of anilines is 2. The van der Waals surface area contributed by atoms with Crippen LogP contribution in [-0.2, 0) is 17.6 Å². The molecule has 0 aliphatic rings. The van der Waals surface area contributed by atoms with Crippen LogP contribution in [0, 0.1) is 6.92 Å². The molecule has 0 aliphatic heterocycles. The lowest BCUT2D eigenvalue weighted by atomic mass is 10.2. The molecule has 5 rings (SSSR count). The van der Waals surface area contributed by atoms with Crippen LogP contribution < -0.4 is 5.32 Å². The lowest BCUT2D eigenvalue weighted by Crippen LogP contribution is -2.07. The molecule has 2 heterocycles. The molecule has 0 fully saturated rings. The molecule has 1 atom stereocenters. The van der Waals surface area contributed by atoms with Crippen molar-refractivity contribution in [3.05, 3.63) is 89.7 Å². The second kappa shape index (κ2) is 9.64. The number of imidazole rings is 1. The third-order valence-corrected chi connectivity index (χ3v) is 6.30. The average molecular weight is 500 g/mol. The van der Waals surface area contributed by atoms with Gasteiger partial charge in [-0.2, -0.15) is 15.0 Å². The minimum absolute atomic E-state index is 0.294. The zero-order valence-electron chi connectivity index (χ0n) is 19.2. The molecule has 180 valence electrons. The van der Waals surface area contributed by atoms with E-state index < -0.39 is 17.0 Å². The van der Waals surface area contributed by atoms with Crippen molar-refractivity contribution in [1.82, 2.24) is 24.5 Å². The van der Waals surface area contributed by atoms with Gasteiger partial charge in [0.2, 0.25) is 5.95 Å². The summed E-state index contributed by atoms with van der Waals surface area (Å²) < 4.78 is 22.5. The Labute approximate surface area is 208 Å². The van der Waals surface area contributed by atoms with Crippen molar-refractivity contribution in [2.45, 2.75) is 18.4 Å². The second-order valence-electron chi connectivity index (χ2n) is 7.94. The SMILES string of the molecule is C=NC(=O)c1ccc2c(c1)nc(Nc1ccc(S(=O)O)cc1)n2Cc1nn(-c2ccccc2)nc1C. The minimum Gasteiger partial charge on any atom is -0.326 e. The van der Waals surface area contributed by atoms with Gasteiger partial charge in [-0.05, 0) is 68.2 Å². The monoisotopic (exact) mass is 499 g/mol. The van der Waals surface area contributed by atoms with Gasteiger partial charge in [-0.15, -0.1) is 0 Å². The number of rotatable bonds is 7. The lowest BCUT2D eigenvalue weighted by molar-refractivity contribution is 0.100. The van der Waals surface area contributed by atoms with Gasteiger partial charge >= 0.3 is 0 Å². The molecule has 0 aliphatic carbocycles. The second-order valence-corrected chi connectivity index (χ2v) is 8.91. The van der Waals surface area contributed by atoms with E-state index in [0.29, 0.717) is 34.2 Å². The number of nitrogens with one attached hydrogen (secondary N) is 1. The van der Waals surface area contributed by atoms with E-state index in [9.17, 15) is 13.6 Å². The number of hydrogen-bond donors (Lipinski definition) is 2. The molecule has 5 aromatic rings. The van der Waals surface area contributed by atoms with Crippen molar-refractivity contribution in [2.24, 2.45) is 4.99 Å². The van der Waals surface area contributed by atoms with Crippen LogP contribution in [0.3, 0.4) is 0 Å². The number of aromatic nitrogens is 5. The van der Waals surface area contributed by atoms with E-state index in [1.165, 1.54) is 0 Å². The van der Waals surface area contributed by atoms with E-state index >= 15 is 0 Å². The molecule has 2 N–H and O–H groups in total. The third-order valence-electron chi connectivity index (χ3n) is 5.62. The van der Waals surface area contributed by atoms with Gasteiger partial charge in [0.25, 0.3) is 5.91 Å². The van der Waals surface area contributed by atoms with Crippen molar-refractivity contribution >= 4 is 46.4 Å². The first-order chi connectivity index (χ1) is 17.4. The van der Waals surface area contributed by atoms with Crippen LogP contribution in [0.4, 0.5) is 11.6 Å². The molecule has 3 aromatic carbocycles. The summed E-state index contributed by atoms with van der Waals surface area (Å²) in [6.07, 6.45) is 0. The van der Waals surface area contributed by atoms with Gasteiger partial charge in [-0.3, -0.25) is 4.79 Å².